The first-order chi connectivity index (χ1) is 7.94. The van der Waals surface area contributed by atoms with Crippen LogP contribution in [0.2, 0.25) is 0 Å². The molecule has 1 saturated carbocycles. The average Bonchev–Trinajstić information content (AvgIpc) is 2.88. The maximum Gasteiger partial charge on any atom is 0.231 e. The molecule has 0 bridgehead atoms. The van der Waals surface area contributed by atoms with E-state index < -0.39 is 4.33 Å². The third-order valence-electron chi connectivity index (χ3n) is 2.60. The number of methoxy groups -OCH3 is 1. The van der Waals surface area contributed by atoms with Gasteiger partial charge < -0.3 is 10.1 Å². The van der Waals surface area contributed by atoms with Crippen molar-refractivity contribution in [1.82, 2.24) is 4.98 Å². The third kappa shape index (κ3) is 2.64. The van der Waals surface area contributed by atoms with Crippen molar-refractivity contribution in [3.63, 3.8) is 0 Å². The first-order valence-electron chi connectivity index (χ1n) is 5.14. The number of hydrogen-bond donors (Lipinski definition) is 1. The number of aryl methyl sites for hydroxylation is 1. The van der Waals surface area contributed by atoms with Crippen molar-refractivity contribution in [1.29, 1.82) is 0 Å². The molecular formula is C11H12Cl2N2O2. The number of carbonyl (C=O) groups is 1. The molecule has 1 aliphatic rings. The largest absolute Gasteiger partial charge is 0.493 e. The maximum absolute atomic E-state index is 11.8. The van der Waals surface area contributed by atoms with Crippen LogP contribution in [0.5, 0.6) is 5.75 Å². The fourth-order valence-corrected chi connectivity index (χ4v) is 2.01. The molecule has 4 nitrogen and oxygen atoms in total. The number of ether oxygens (including phenoxy) is 1. The molecule has 1 atom stereocenters. The van der Waals surface area contributed by atoms with Crippen LogP contribution in [0.1, 0.15) is 12.1 Å². The topological polar surface area (TPSA) is 51.2 Å². The van der Waals surface area contributed by atoms with E-state index in [0.717, 1.165) is 5.69 Å². The molecule has 1 aromatic heterocycles. The Morgan fingerprint density at radius 2 is 2.24 bits per heavy atom. The lowest BCUT2D eigenvalue weighted by molar-refractivity contribution is -0.117. The highest BCUT2D eigenvalue weighted by Crippen LogP contribution is 2.53. The van der Waals surface area contributed by atoms with Crippen molar-refractivity contribution < 1.29 is 9.53 Å². The first kappa shape index (κ1) is 12.5. The summed E-state index contributed by atoms with van der Waals surface area (Å²) in [5.41, 5.74) is 0.792. The van der Waals surface area contributed by atoms with Crippen LogP contribution in [0.3, 0.4) is 0 Å². The summed E-state index contributed by atoms with van der Waals surface area (Å²) >= 11 is 11.7. The molecule has 6 heteroatoms. The van der Waals surface area contributed by atoms with Gasteiger partial charge in [0.2, 0.25) is 5.91 Å². The van der Waals surface area contributed by atoms with Crippen LogP contribution < -0.4 is 10.1 Å². The normalized spacial score (nSPS) is 20.8. The zero-order valence-electron chi connectivity index (χ0n) is 9.46. The molecule has 92 valence electrons. The summed E-state index contributed by atoms with van der Waals surface area (Å²) in [6.45, 7) is 1.83. The van der Waals surface area contributed by atoms with E-state index in [9.17, 15) is 4.79 Å². The number of nitrogens with zero attached hydrogens (tertiary/aromatic N) is 1. The molecular weight excluding hydrogens is 263 g/mol. The van der Waals surface area contributed by atoms with Crippen LogP contribution in [-0.4, -0.2) is 22.3 Å². The molecule has 1 N–H and O–H groups in total. The molecule has 1 fully saturated rings. The molecule has 2 rings (SSSR count). The molecule has 0 radical (unpaired) electrons. The maximum atomic E-state index is 11.8. The van der Waals surface area contributed by atoms with E-state index in [-0.39, 0.29) is 11.8 Å². The molecule has 0 aliphatic heterocycles. The Labute approximate surface area is 109 Å². The fourth-order valence-electron chi connectivity index (χ4n) is 1.50. The number of pyridine rings is 1. The van der Waals surface area contributed by atoms with E-state index >= 15 is 0 Å². The lowest BCUT2D eigenvalue weighted by Gasteiger charge is -2.09. The predicted octanol–water partition coefficient (Wildman–Crippen LogP) is 2.53. The monoisotopic (exact) mass is 274 g/mol. The van der Waals surface area contributed by atoms with Crippen molar-refractivity contribution in [2.75, 3.05) is 12.4 Å². The third-order valence-corrected chi connectivity index (χ3v) is 3.44. The highest BCUT2D eigenvalue weighted by atomic mass is 35.5. The Morgan fingerprint density at radius 3 is 2.76 bits per heavy atom. The summed E-state index contributed by atoms with van der Waals surface area (Å²) < 4.78 is 4.18. The van der Waals surface area contributed by atoms with Crippen molar-refractivity contribution in [2.45, 2.75) is 17.7 Å². The Morgan fingerprint density at radius 1 is 1.59 bits per heavy atom. The summed E-state index contributed by atoms with van der Waals surface area (Å²) in [5.74, 6) is 0.303. The molecule has 1 heterocycles. The van der Waals surface area contributed by atoms with Crippen LogP contribution in [0, 0.1) is 12.8 Å². The Kier molecular flexibility index (Phi) is 3.19. The van der Waals surface area contributed by atoms with Gasteiger partial charge in [0.25, 0.3) is 0 Å². The summed E-state index contributed by atoms with van der Waals surface area (Å²) in [6.07, 6.45) is 0.468. The van der Waals surface area contributed by atoms with E-state index in [1.807, 2.05) is 6.92 Å². The number of halogens is 2. The molecule has 1 aromatic rings. The highest BCUT2D eigenvalue weighted by molar-refractivity contribution is 6.52. The van der Waals surface area contributed by atoms with Crippen molar-refractivity contribution in [3.05, 3.63) is 17.8 Å². The van der Waals surface area contributed by atoms with Crippen LogP contribution >= 0.6 is 23.2 Å². The molecule has 0 saturated heterocycles. The van der Waals surface area contributed by atoms with E-state index in [2.05, 4.69) is 10.3 Å². The van der Waals surface area contributed by atoms with E-state index in [1.165, 1.54) is 7.11 Å². The molecule has 1 aliphatic carbocycles. The standard InChI is InChI=1S/C11H12Cl2N2O2/c1-6-3-4-8(17-2)9(14-6)15-10(16)7-5-11(7,12)13/h3-4,7H,5H2,1-2H3,(H,14,15,16)/t7-/m0/s1. The van der Waals surface area contributed by atoms with Gasteiger partial charge in [0, 0.05) is 5.69 Å². The second-order valence-corrected chi connectivity index (χ2v) is 5.55. The van der Waals surface area contributed by atoms with Gasteiger partial charge in [-0.05, 0) is 25.5 Å². The predicted molar refractivity (Wildman–Crippen MR) is 66.7 cm³/mol. The lowest BCUT2D eigenvalue weighted by atomic mass is 10.3. The van der Waals surface area contributed by atoms with E-state index in [0.29, 0.717) is 18.0 Å². The Hall–Kier alpha value is -1.00. The zero-order valence-corrected chi connectivity index (χ0v) is 11.0. The Bertz CT molecular complexity index is 463. The van der Waals surface area contributed by atoms with Crippen LogP contribution in [-0.2, 0) is 4.79 Å². The minimum atomic E-state index is -0.929. The van der Waals surface area contributed by atoms with Gasteiger partial charge in [0.1, 0.15) is 4.33 Å². The molecule has 17 heavy (non-hydrogen) atoms. The number of aromatic nitrogens is 1. The van der Waals surface area contributed by atoms with Gasteiger partial charge in [-0.15, -0.1) is 23.2 Å². The molecule has 0 aromatic carbocycles. The van der Waals surface area contributed by atoms with Gasteiger partial charge in [-0.25, -0.2) is 4.98 Å². The van der Waals surface area contributed by atoms with Gasteiger partial charge in [0.15, 0.2) is 11.6 Å². The second-order valence-electron chi connectivity index (χ2n) is 4.01. The number of anilines is 1. The smallest absolute Gasteiger partial charge is 0.231 e. The summed E-state index contributed by atoms with van der Waals surface area (Å²) in [6, 6.07) is 3.55. The highest BCUT2D eigenvalue weighted by Gasteiger charge is 2.56. The lowest BCUT2D eigenvalue weighted by Crippen LogP contribution is -2.18. The number of nitrogens with one attached hydrogen (secondary N) is 1. The van der Waals surface area contributed by atoms with Gasteiger partial charge in [-0.1, -0.05) is 0 Å². The average molecular weight is 275 g/mol. The van der Waals surface area contributed by atoms with E-state index in [1.54, 1.807) is 12.1 Å². The Balaban J connectivity index is 2.13. The second kappa shape index (κ2) is 4.35. The quantitative estimate of drug-likeness (QED) is 0.862. The number of alkyl halides is 2. The minimum Gasteiger partial charge on any atom is -0.493 e. The summed E-state index contributed by atoms with van der Waals surface area (Å²) in [4.78, 5) is 16.0. The van der Waals surface area contributed by atoms with Gasteiger partial charge in [0.05, 0.1) is 13.0 Å². The van der Waals surface area contributed by atoms with Crippen LogP contribution in [0.4, 0.5) is 5.82 Å². The molecule has 1 amide bonds. The SMILES string of the molecule is COc1ccc(C)nc1NC(=O)[C@@H]1CC1(Cl)Cl. The van der Waals surface area contributed by atoms with Crippen molar-refractivity contribution in [3.8, 4) is 5.75 Å². The van der Waals surface area contributed by atoms with E-state index in [4.69, 9.17) is 27.9 Å². The number of amides is 1. The number of rotatable bonds is 3. The fraction of sp³-hybridized carbons (Fsp3) is 0.455. The van der Waals surface area contributed by atoms with Gasteiger partial charge in [-0.2, -0.15) is 0 Å². The first-order valence-corrected chi connectivity index (χ1v) is 5.90. The van der Waals surface area contributed by atoms with Crippen molar-refractivity contribution in [2.24, 2.45) is 5.92 Å². The van der Waals surface area contributed by atoms with Crippen LogP contribution in [0.25, 0.3) is 0 Å². The van der Waals surface area contributed by atoms with Gasteiger partial charge in [-0.3, -0.25) is 4.79 Å². The zero-order chi connectivity index (χ0) is 12.6. The minimum absolute atomic E-state index is 0.230. The number of hydrogen-bond acceptors (Lipinski definition) is 3. The molecule has 0 spiro atoms. The summed E-state index contributed by atoms with van der Waals surface area (Å²) in [7, 11) is 1.52. The van der Waals surface area contributed by atoms with Gasteiger partial charge >= 0.3 is 0 Å². The summed E-state index contributed by atoms with van der Waals surface area (Å²) in [5, 5.41) is 2.68. The van der Waals surface area contributed by atoms with Crippen molar-refractivity contribution >= 4 is 34.9 Å². The number of carbonyl (C=O) groups excluding carboxylic acids is 1. The van der Waals surface area contributed by atoms with Crippen LogP contribution in [0.15, 0.2) is 12.1 Å². The molecule has 0 unspecified atom stereocenters.